The second kappa shape index (κ2) is 6.08. The summed E-state index contributed by atoms with van der Waals surface area (Å²) < 4.78 is 13.3. The topological polar surface area (TPSA) is 20.3 Å². The molecule has 0 N–H and O–H groups in total. The van der Waals surface area contributed by atoms with Crippen LogP contribution in [0.15, 0.2) is 48.5 Å². The van der Waals surface area contributed by atoms with E-state index in [-0.39, 0.29) is 17.1 Å². The highest BCUT2D eigenvalue weighted by atomic mass is 35.5. The van der Waals surface area contributed by atoms with Crippen molar-refractivity contribution in [3.63, 3.8) is 0 Å². The fourth-order valence-corrected chi connectivity index (χ4v) is 3.77. The van der Waals surface area contributed by atoms with E-state index in [2.05, 4.69) is 0 Å². The summed E-state index contributed by atoms with van der Waals surface area (Å²) in [6.45, 7) is 0.404. The monoisotopic (exact) mass is 321 g/mol. The van der Waals surface area contributed by atoms with Crippen LogP contribution in [0.25, 0.3) is 0 Å². The first-order valence-electron chi connectivity index (χ1n) is 6.54. The minimum Gasteiger partial charge on any atom is -0.322 e. The number of benzene rings is 2. The van der Waals surface area contributed by atoms with Gasteiger partial charge in [0.25, 0.3) is 0 Å². The van der Waals surface area contributed by atoms with Crippen LogP contribution < -0.4 is 0 Å². The number of hydrogen-bond donors (Lipinski definition) is 0. The van der Waals surface area contributed by atoms with Crippen LogP contribution in [0.2, 0.25) is 5.02 Å². The van der Waals surface area contributed by atoms with Gasteiger partial charge in [0.15, 0.2) is 0 Å². The molecule has 2 aromatic carbocycles. The molecule has 3 rings (SSSR count). The number of hydrogen-bond acceptors (Lipinski definition) is 2. The van der Waals surface area contributed by atoms with Crippen LogP contribution in [0.1, 0.15) is 16.5 Å². The zero-order valence-electron chi connectivity index (χ0n) is 11.1. The molecular weight excluding hydrogens is 309 g/mol. The molecule has 1 unspecified atom stereocenters. The summed E-state index contributed by atoms with van der Waals surface area (Å²) in [4.78, 5) is 13.9. The van der Waals surface area contributed by atoms with Gasteiger partial charge in [0.1, 0.15) is 11.2 Å². The molecule has 0 radical (unpaired) electrons. The molecule has 0 spiro atoms. The Morgan fingerprint density at radius 2 is 2.05 bits per heavy atom. The minimum absolute atomic E-state index is 0.0641. The highest BCUT2D eigenvalue weighted by Crippen LogP contribution is 2.40. The lowest BCUT2D eigenvalue weighted by atomic mass is 10.1. The van der Waals surface area contributed by atoms with Gasteiger partial charge in [-0.2, -0.15) is 0 Å². The highest BCUT2D eigenvalue weighted by molar-refractivity contribution is 8.00. The molecule has 1 heterocycles. The maximum Gasteiger partial charge on any atom is 0.234 e. The van der Waals surface area contributed by atoms with Crippen LogP contribution in [0, 0.1) is 5.82 Å². The largest absolute Gasteiger partial charge is 0.322 e. The smallest absolute Gasteiger partial charge is 0.234 e. The Hall–Kier alpha value is -1.52. The van der Waals surface area contributed by atoms with Gasteiger partial charge in [0, 0.05) is 11.6 Å². The van der Waals surface area contributed by atoms with Gasteiger partial charge in [-0.3, -0.25) is 4.79 Å². The fourth-order valence-electron chi connectivity index (χ4n) is 2.39. The van der Waals surface area contributed by atoms with Gasteiger partial charge < -0.3 is 4.90 Å². The Morgan fingerprint density at radius 1 is 1.24 bits per heavy atom. The van der Waals surface area contributed by atoms with Crippen molar-refractivity contribution in [1.82, 2.24) is 4.90 Å². The van der Waals surface area contributed by atoms with Gasteiger partial charge in [-0.25, -0.2) is 4.39 Å². The third kappa shape index (κ3) is 3.22. The summed E-state index contributed by atoms with van der Waals surface area (Å²) >= 11 is 7.59. The number of rotatable bonds is 3. The zero-order valence-corrected chi connectivity index (χ0v) is 12.7. The first-order valence-corrected chi connectivity index (χ1v) is 7.97. The normalized spacial score (nSPS) is 18.3. The maximum atomic E-state index is 13.3. The second-order valence-corrected chi connectivity index (χ2v) is 6.37. The molecule has 21 heavy (non-hydrogen) atoms. The molecule has 1 fully saturated rings. The van der Waals surface area contributed by atoms with Crippen LogP contribution in [0.4, 0.5) is 4.39 Å². The molecule has 2 aromatic rings. The quantitative estimate of drug-likeness (QED) is 0.842. The standard InChI is InChI=1S/C16H13ClFNOS/c17-13-5-2-4-12(8-13)16-19(15(20)10-21-16)9-11-3-1-6-14(18)7-11/h1-8,16H,9-10H2. The van der Waals surface area contributed by atoms with Gasteiger partial charge in [0.2, 0.25) is 5.91 Å². The van der Waals surface area contributed by atoms with Gasteiger partial charge in [0.05, 0.1) is 5.75 Å². The minimum atomic E-state index is -0.286. The van der Waals surface area contributed by atoms with E-state index in [0.29, 0.717) is 17.3 Å². The molecule has 1 atom stereocenters. The van der Waals surface area contributed by atoms with Gasteiger partial charge in [-0.1, -0.05) is 35.9 Å². The van der Waals surface area contributed by atoms with E-state index < -0.39 is 0 Å². The summed E-state index contributed by atoms with van der Waals surface area (Å²) in [5, 5.41) is 0.581. The van der Waals surface area contributed by atoms with Gasteiger partial charge in [-0.15, -0.1) is 11.8 Å². The number of amides is 1. The molecule has 0 aliphatic carbocycles. The second-order valence-electron chi connectivity index (χ2n) is 4.87. The summed E-state index contributed by atoms with van der Waals surface area (Å²) in [5.41, 5.74) is 1.78. The van der Waals surface area contributed by atoms with Crippen LogP contribution in [0.5, 0.6) is 0 Å². The van der Waals surface area contributed by atoms with Crippen molar-refractivity contribution in [2.45, 2.75) is 11.9 Å². The van der Waals surface area contributed by atoms with Crippen LogP contribution in [-0.2, 0) is 11.3 Å². The number of carbonyl (C=O) groups excluding carboxylic acids is 1. The van der Waals surface area contributed by atoms with Crippen molar-refractivity contribution in [2.24, 2.45) is 0 Å². The van der Waals surface area contributed by atoms with E-state index in [1.807, 2.05) is 30.3 Å². The lowest BCUT2D eigenvalue weighted by Gasteiger charge is -2.24. The first-order chi connectivity index (χ1) is 10.1. The third-order valence-electron chi connectivity index (χ3n) is 3.34. The predicted octanol–water partition coefficient (Wildman–Crippen LogP) is 4.25. The van der Waals surface area contributed by atoms with Crippen molar-refractivity contribution in [2.75, 3.05) is 5.75 Å². The Morgan fingerprint density at radius 3 is 2.81 bits per heavy atom. The molecule has 5 heteroatoms. The molecule has 1 amide bonds. The highest BCUT2D eigenvalue weighted by Gasteiger charge is 2.32. The Kier molecular flexibility index (Phi) is 4.17. The predicted molar refractivity (Wildman–Crippen MR) is 83.6 cm³/mol. The lowest BCUT2D eigenvalue weighted by molar-refractivity contribution is -0.128. The number of halogens is 2. The van der Waals surface area contributed by atoms with Gasteiger partial charge >= 0.3 is 0 Å². The molecule has 0 aromatic heterocycles. The summed E-state index contributed by atoms with van der Waals surface area (Å²) in [7, 11) is 0. The molecule has 108 valence electrons. The van der Waals surface area contributed by atoms with E-state index in [1.54, 1.807) is 22.7 Å². The van der Waals surface area contributed by atoms with Crippen molar-refractivity contribution >= 4 is 29.3 Å². The Balaban J connectivity index is 1.86. The zero-order chi connectivity index (χ0) is 14.8. The summed E-state index contributed by atoms with van der Waals surface area (Å²) in [6, 6.07) is 13.9. The first kappa shape index (κ1) is 14.4. The molecule has 1 aliphatic heterocycles. The van der Waals surface area contributed by atoms with Crippen LogP contribution in [-0.4, -0.2) is 16.6 Å². The third-order valence-corrected chi connectivity index (χ3v) is 4.83. The van der Waals surface area contributed by atoms with Gasteiger partial charge in [-0.05, 0) is 35.4 Å². The average Bonchev–Trinajstić information content (AvgIpc) is 2.80. The summed E-state index contributed by atoms with van der Waals surface area (Å²) in [6.07, 6.45) is 0. The van der Waals surface area contributed by atoms with Crippen molar-refractivity contribution < 1.29 is 9.18 Å². The molecule has 2 nitrogen and oxygen atoms in total. The van der Waals surface area contributed by atoms with E-state index in [9.17, 15) is 9.18 Å². The van der Waals surface area contributed by atoms with E-state index >= 15 is 0 Å². The number of thioether (sulfide) groups is 1. The van der Waals surface area contributed by atoms with Crippen molar-refractivity contribution in [3.05, 3.63) is 70.5 Å². The average molecular weight is 322 g/mol. The fraction of sp³-hybridized carbons (Fsp3) is 0.188. The molecular formula is C16H13ClFNOS. The number of carbonyl (C=O) groups is 1. The summed E-state index contributed by atoms with van der Waals surface area (Å²) in [5.74, 6) is 0.215. The van der Waals surface area contributed by atoms with Crippen molar-refractivity contribution in [3.8, 4) is 0 Å². The van der Waals surface area contributed by atoms with E-state index in [1.165, 1.54) is 12.1 Å². The lowest BCUT2D eigenvalue weighted by Crippen LogP contribution is -2.27. The molecule has 0 saturated carbocycles. The van der Waals surface area contributed by atoms with Crippen LogP contribution >= 0.6 is 23.4 Å². The SMILES string of the molecule is O=C1CSC(c2cccc(Cl)c2)N1Cc1cccc(F)c1. The van der Waals surface area contributed by atoms with Crippen LogP contribution in [0.3, 0.4) is 0 Å². The number of nitrogens with zero attached hydrogens (tertiary/aromatic N) is 1. The Labute approximate surface area is 131 Å². The van der Waals surface area contributed by atoms with E-state index in [4.69, 9.17) is 11.6 Å². The molecule has 1 saturated heterocycles. The Bertz CT molecular complexity index is 679. The molecule has 0 bridgehead atoms. The maximum absolute atomic E-state index is 13.3. The van der Waals surface area contributed by atoms with E-state index in [0.717, 1.165) is 11.1 Å². The van der Waals surface area contributed by atoms with Crippen molar-refractivity contribution in [1.29, 1.82) is 0 Å². The molecule has 1 aliphatic rings.